The molecular formula is C19H19O2S. The molecule has 0 unspecified atom stereocenters. The molecule has 3 heteroatoms. The largest absolute Gasteiger partial charge is 0.497 e. The summed E-state index contributed by atoms with van der Waals surface area (Å²) in [5.74, 6) is 0.951. The fourth-order valence-electron chi connectivity index (χ4n) is 2.05. The van der Waals surface area contributed by atoms with Crippen LogP contribution in [0.25, 0.3) is 6.08 Å². The Labute approximate surface area is 136 Å². The molecule has 0 spiro atoms. The second-order valence-corrected chi connectivity index (χ2v) is 5.69. The summed E-state index contributed by atoms with van der Waals surface area (Å²) in [6, 6.07) is 16.8. The van der Waals surface area contributed by atoms with Crippen LogP contribution in [0.3, 0.4) is 0 Å². The smallest absolute Gasteiger partial charge is 0.156 e. The molecule has 22 heavy (non-hydrogen) atoms. The Kier molecular flexibility index (Phi) is 6.28. The first-order valence-corrected chi connectivity index (χ1v) is 8.33. The van der Waals surface area contributed by atoms with Crippen LogP contribution in [-0.4, -0.2) is 19.1 Å². The lowest BCUT2D eigenvalue weighted by atomic mass is 10.1. The number of ether oxygens (including phenoxy) is 1. The molecule has 2 nitrogen and oxygen atoms in total. The summed E-state index contributed by atoms with van der Waals surface area (Å²) < 4.78 is 5.18. The fourth-order valence-corrected chi connectivity index (χ4v) is 2.49. The minimum atomic E-state index is 0.126. The van der Waals surface area contributed by atoms with Gasteiger partial charge in [0.25, 0.3) is 0 Å². The van der Waals surface area contributed by atoms with Gasteiger partial charge in [-0.1, -0.05) is 30.3 Å². The van der Waals surface area contributed by atoms with E-state index in [0.717, 1.165) is 28.2 Å². The first kappa shape index (κ1) is 16.4. The van der Waals surface area contributed by atoms with Crippen molar-refractivity contribution in [1.29, 1.82) is 0 Å². The van der Waals surface area contributed by atoms with Gasteiger partial charge in [0, 0.05) is 11.3 Å². The van der Waals surface area contributed by atoms with Crippen molar-refractivity contribution in [2.45, 2.75) is 17.7 Å². The number of ketones is 1. The van der Waals surface area contributed by atoms with Crippen LogP contribution in [-0.2, 0) is 11.2 Å². The molecule has 0 aliphatic carbocycles. The molecule has 0 bridgehead atoms. The number of benzene rings is 2. The summed E-state index contributed by atoms with van der Waals surface area (Å²) >= 11 is 1.64. The highest BCUT2D eigenvalue weighted by Gasteiger charge is 2.01. The molecule has 0 aliphatic rings. The van der Waals surface area contributed by atoms with E-state index in [4.69, 9.17) is 4.74 Å². The van der Waals surface area contributed by atoms with E-state index in [2.05, 4.69) is 6.07 Å². The van der Waals surface area contributed by atoms with Gasteiger partial charge in [0.05, 0.1) is 7.11 Å². The number of carbonyl (C=O) groups is 1. The zero-order valence-electron chi connectivity index (χ0n) is 12.8. The Morgan fingerprint density at radius 2 is 2.18 bits per heavy atom. The summed E-state index contributed by atoms with van der Waals surface area (Å²) in [5.41, 5.74) is 2.14. The summed E-state index contributed by atoms with van der Waals surface area (Å²) in [7, 11) is 1.65. The van der Waals surface area contributed by atoms with Gasteiger partial charge in [-0.3, -0.25) is 4.79 Å². The molecule has 0 N–H and O–H groups in total. The summed E-state index contributed by atoms with van der Waals surface area (Å²) in [4.78, 5) is 13.0. The summed E-state index contributed by atoms with van der Waals surface area (Å²) in [6.07, 6.45) is 6.75. The minimum Gasteiger partial charge on any atom is -0.497 e. The van der Waals surface area contributed by atoms with Crippen LogP contribution in [0, 0.1) is 6.07 Å². The van der Waals surface area contributed by atoms with Crippen molar-refractivity contribution < 1.29 is 9.53 Å². The first-order chi connectivity index (χ1) is 10.7. The van der Waals surface area contributed by atoms with E-state index in [0.29, 0.717) is 6.42 Å². The van der Waals surface area contributed by atoms with Gasteiger partial charge >= 0.3 is 0 Å². The van der Waals surface area contributed by atoms with Crippen LogP contribution in [0.15, 0.2) is 53.4 Å². The number of carbonyl (C=O) groups excluding carboxylic acids is 1. The molecule has 1 radical (unpaired) electrons. The third-order valence-electron chi connectivity index (χ3n) is 3.27. The molecular weight excluding hydrogens is 292 g/mol. The van der Waals surface area contributed by atoms with Gasteiger partial charge in [-0.25, -0.2) is 0 Å². The number of hydrogen-bond donors (Lipinski definition) is 0. The Morgan fingerprint density at radius 3 is 2.95 bits per heavy atom. The van der Waals surface area contributed by atoms with Crippen molar-refractivity contribution in [1.82, 2.24) is 0 Å². The number of rotatable bonds is 7. The first-order valence-electron chi connectivity index (χ1n) is 7.11. The van der Waals surface area contributed by atoms with E-state index in [1.165, 1.54) is 0 Å². The maximum Gasteiger partial charge on any atom is 0.156 e. The van der Waals surface area contributed by atoms with Crippen molar-refractivity contribution in [2.24, 2.45) is 0 Å². The van der Waals surface area contributed by atoms with Crippen LogP contribution in [0.1, 0.15) is 17.5 Å². The molecule has 0 amide bonds. The molecule has 2 aromatic rings. The van der Waals surface area contributed by atoms with Crippen LogP contribution >= 0.6 is 11.8 Å². The standard InChI is InChI=1S/C19H19O2S/c1-21-18-7-3-5-15(13-18)9-11-17(20)12-10-16-6-4-8-19(14-16)22-2/h3-7,10,12-14H,9,11H2,1-2H3. The maximum atomic E-state index is 12.0. The molecule has 0 atom stereocenters. The molecule has 0 aliphatic heterocycles. The van der Waals surface area contributed by atoms with Crippen molar-refractivity contribution >= 4 is 23.6 Å². The normalized spacial score (nSPS) is 10.8. The summed E-state index contributed by atoms with van der Waals surface area (Å²) in [5, 5.41) is 0. The molecule has 0 saturated heterocycles. The third kappa shape index (κ3) is 5.08. The van der Waals surface area contributed by atoms with E-state index < -0.39 is 0 Å². The average Bonchev–Trinajstić information content (AvgIpc) is 2.58. The van der Waals surface area contributed by atoms with Crippen LogP contribution < -0.4 is 4.74 Å². The molecule has 2 rings (SSSR count). The van der Waals surface area contributed by atoms with E-state index in [-0.39, 0.29) is 5.78 Å². The van der Waals surface area contributed by atoms with Gasteiger partial charge in [0.1, 0.15) is 5.75 Å². The van der Waals surface area contributed by atoms with E-state index >= 15 is 0 Å². The number of aryl methyl sites for hydroxylation is 1. The molecule has 0 heterocycles. The predicted molar refractivity (Wildman–Crippen MR) is 92.4 cm³/mol. The highest BCUT2D eigenvalue weighted by Crippen LogP contribution is 2.17. The van der Waals surface area contributed by atoms with Crippen molar-refractivity contribution in [2.75, 3.05) is 13.4 Å². The maximum absolute atomic E-state index is 12.0. The Balaban J connectivity index is 1.90. The van der Waals surface area contributed by atoms with Gasteiger partial charge in [-0.15, -0.1) is 11.8 Å². The molecule has 2 aromatic carbocycles. The lowest BCUT2D eigenvalue weighted by Gasteiger charge is -2.03. The van der Waals surface area contributed by atoms with Gasteiger partial charge in [-0.05, 0) is 54.1 Å². The van der Waals surface area contributed by atoms with Crippen LogP contribution in [0.4, 0.5) is 0 Å². The Morgan fingerprint density at radius 1 is 1.32 bits per heavy atom. The van der Waals surface area contributed by atoms with Gasteiger partial charge in [0.2, 0.25) is 0 Å². The second-order valence-electron chi connectivity index (χ2n) is 4.84. The van der Waals surface area contributed by atoms with Crippen molar-refractivity contribution in [3.05, 3.63) is 65.7 Å². The van der Waals surface area contributed by atoms with E-state index in [1.807, 2.05) is 54.8 Å². The number of methoxy groups -OCH3 is 1. The van der Waals surface area contributed by atoms with E-state index in [1.54, 1.807) is 24.9 Å². The molecule has 0 aromatic heterocycles. The highest BCUT2D eigenvalue weighted by molar-refractivity contribution is 7.98. The van der Waals surface area contributed by atoms with E-state index in [9.17, 15) is 4.79 Å². The molecule has 0 saturated carbocycles. The summed E-state index contributed by atoms with van der Waals surface area (Å²) in [6.45, 7) is 0. The number of thioether (sulfide) groups is 1. The van der Waals surface area contributed by atoms with Gasteiger partial charge in [-0.2, -0.15) is 0 Å². The average molecular weight is 311 g/mol. The fraction of sp³-hybridized carbons (Fsp3) is 0.211. The predicted octanol–water partition coefficient (Wildman–Crippen LogP) is 4.43. The number of hydrogen-bond acceptors (Lipinski definition) is 3. The molecule has 113 valence electrons. The third-order valence-corrected chi connectivity index (χ3v) is 3.95. The molecule has 0 fully saturated rings. The highest BCUT2D eigenvalue weighted by atomic mass is 32.2. The lowest BCUT2D eigenvalue weighted by molar-refractivity contribution is -0.114. The zero-order valence-corrected chi connectivity index (χ0v) is 13.7. The SMILES string of the molecule is COc1cccc(CCC(=O)C=Cc2cc[c]c(SC)c2)c1. The topological polar surface area (TPSA) is 26.3 Å². The van der Waals surface area contributed by atoms with Crippen molar-refractivity contribution in [3.8, 4) is 5.75 Å². The lowest BCUT2D eigenvalue weighted by Crippen LogP contribution is -1.96. The van der Waals surface area contributed by atoms with Gasteiger partial charge in [0.15, 0.2) is 5.78 Å². The Hall–Kier alpha value is -2.00. The zero-order chi connectivity index (χ0) is 15.8. The monoisotopic (exact) mass is 311 g/mol. The minimum absolute atomic E-state index is 0.126. The quantitative estimate of drug-likeness (QED) is 0.559. The second kappa shape index (κ2) is 8.44. The number of allylic oxidation sites excluding steroid dienone is 1. The van der Waals surface area contributed by atoms with Crippen LogP contribution in [0.5, 0.6) is 5.75 Å². The van der Waals surface area contributed by atoms with Crippen LogP contribution in [0.2, 0.25) is 0 Å². The van der Waals surface area contributed by atoms with Gasteiger partial charge < -0.3 is 4.74 Å². The van der Waals surface area contributed by atoms with Crippen molar-refractivity contribution in [3.63, 3.8) is 0 Å². The Bertz CT molecular complexity index is 662.